The molecule has 0 aliphatic carbocycles. The largest absolute Gasteiger partial charge is 0.438 e. The van der Waals surface area contributed by atoms with Crippen molar-refractivity contribution in [1.82, 2.24) is 0 Å². The Morgan fingerprint density at radius 3 is 2.40 bits per heavy atom. The zero-order chi connectivity index (χ0) is 4.12. The minimum Gasteiger partial charge on any atom is -0.438 e. The molecule has 0 N–H and O–H groups in total. The topological polar surface area (TPSA) is 46.2 Å². The molecule has 0 saturated carbocycles. The molecular formula is C2H3O3. The van der Waals surface area contributed by atoms with Gasteiger partial charge in [0.1, 0.15) is 0 Å². The first kappa shape index (κ1) is 4.43. The lowest BCUT2D eigenvalue weighted by Crippen LogP contribution is -1.83. The summed E-state index contributed by atoms with van der Waals surface area (Å²) >= 11 is 0. The van der Waals surface area contributed by atoms with E-state index in [1.807, 2.05) is 0 Å². The molecule has 0 unspecified atom stereocenters. The van der Waals surface area contributed by atoms with Crippen LogP contribution in [0.3, 0.4) is 0 Å². The first-order valence-electron chi connectivity index (χ1n) is 1.05. The van der Waals surface area contributed by atoms with Gasteiger partial charge < -0.3 is 4.74 Å². The SMILES string of the molecule is [O]COC=O. The van der Waals surface area contributed by atoms with Crippen LogP contribution in [-0.2, 0) is 14.6 Å². The van der Waals surface area contributed by atoms with E-state index < -0.39 is 6.79 Å². The van der Waals surface area contributed by atoms with Crippen molar-refractivity contribution in [2.75, 3.05) is 6.79 Å². The Morgan fingerprint density at radius 1 is 1.80 bits per heavy atom. The molecule has 0 aromatic carbocycles. The number of rotatable bonds is 2. The van der Waals surface area contributed by atoms with Crippen LogP contribution in [0.25, 0.3) is 0 Å². The smallest absolute Gasteiger partial charge is 0.295 e. The van der Waals surface area contributed by atoms with Crippen molar-refractivity contribution in [3.63, 3.8) is 0 Å². The van der Waals surface area contributed by atoms with Gasteiger partial charge in [0, 0.05) is 0 Å². The summed E-state index contributed by atoms with van der Waals surface area (Å²) in [6, 6.07) is 0. The average Bonchev–Trinajstić information content (AvgIpc) is 1.41. The third kappa shape index (κ3) is 3.43. The third-order valence-corrected chi connectivity index (χ3v) is 0.136. The lowest BCUT2D eigenvalue weighted by Gasteiger charge is -1.76. The van der Waals surface area contributed by atoms with E-state index in [-0.39, 0.29) is 6.47 Å². The highest BCUT2D eigenvalue weighted by Gasteiger charge is 1.64. The molecule has 0 aliphatic rings. The second kappa shape index (κ2) is 3.43. The number of hydrogen-bond donors (Lipinski definition) is 0. The molecule has 29 valence electrons. The maximum atomic E-state index is 9.08. The summed E-state index contributed by atoms with van der Waals surface area (Å²) in [5.41, 5.74) is 0. The first-order valence-corrected chi connectivity index (χ1v) is 1.05. The number of hydrogen-bond acceptors (Lipinski definition) is 2. The van der Waals surface area contributed by atoms with Gasteiger partial charge in [0.15, 0.2) is 0 Å². The lowest BCUT2D eigenvalue weighted by atomic mass is 11.4. The van der Waals surface area contributed by atoms with Gasteiger partial charge in [-0.2, -0.15) is 5.11 Å². The van der Waals surface area contributed by atoms with Crippen LogP contribution >= 0.6 is 0 Å². The minimum absolute atomic E-state index is 0.118. The van der Waals surface area contributed by atoms with Crippen LogP contribution in [0.4, 0.5) is 0 Å². The van der Waals surface area contributed by atoms with Crippen molar-refractivity contribution in [3.05, 3.63) is 0 Å². The van der Waals surface area contributed by atoms with E-state index in [1.54, 1.807) is 0 Å². The van der Waals surface area contributed by atoms with Gasteiger partial charge in [-0.1, -0.05) is 0 Å². The molecule has 3 heteroatoms. The van der Waals surface area contributed by atoms with Crippen LogP contribution in [0.5, 0.6) is 0 Å². The Hall–Kier alpha value is -0.570. The van der Waals surface area contributed by atoms with Crippen LogP contribution in [-0.4, -0.2) is 13.3 Å². The van der Waals surface area contributed by atoms with Crippen LogP contribution in [0.15, 0.2) is 0 Å². The summed E-state index contributed by atoms with van der Waals surface area (Å²) in [5.74, 6) is 0. The van der Waals surface area contributed by atoms with Crippen molar-refractivity contribution in [2.45, 2.75) is 0 Å². The molecule has 0 saturated heterocycles. The molecule has 0 bridgehead atoms. The normalized spacial score (nSPS) is 6.60. The zero-order valence-corrected chi connectivity index (χ0v) is 2.51. The summed E-state index contributed by atoms with van der Waals surface area (Å²) < 4.78 is 3.60. The van der Waals surface area contributed by atoms with Crippen molar-refractivity contribution in [3.8, 4) is 0 Å². The van der Waals surface area contributed by atoms with Gasteiger partial charge in [0.2, 0.25) is 6.79 Å². The van der Waals surface area contributed by atoms with Gasteiger partial charge in [-0.3, -0.25) is 4.79 Å². The fourth-order valence-electron chi connectivity index (χ4n) is 0.0278. The van der Waals surface area contributed by atoms with Crippen LogP contribution < -0.4 is 0 Å². The lowest BCUT2D eigenvalue weighted by molar-refractivity contribution is -0.140. The minimum atomic E-state index is -0.774. The molecule has 3 nitrogen and oxygen atoms in total. The number of carbonyl (C=O) groups is 1. The Kier molecular flexibility index (Phi) is 3.04. The van der Waals surface area contributed by atoms with Crippen molar-refractivity contribution < 1.29 is 14.6 Å². The van der Waals surface area contributed by atoms with Crippen LogP contribution in [0, 0.1) is 0 Å². The van der Waals surface area contributed by atoms with E-state index in [0.717, 1.165) is 0 Å². The first-order chi connectivity index (χ1) is 2.41. The summed E-state index contributed by atoms with van der Waals surface area (Å²) in [4.78, 5) is 8.98. The Balaban J connectivity index is 2.40. The second-order valence-electron chi connectivity index (χ2n) is 0.381. The fourth-order valence-corrected chi connectivity index (χ4v) is 0.0278. The predicted octanol–water partition coefficient (Wildman–Crippen LogP) is -0.453. The van der Waals surface area contributed by atoms with Gasteiger partial charge in [-0.15, -0.1) is 0 Å². The fraction of sp³-hybridized carbons (Fsp3) is 0.500. The van der Waals surface area contributed by atoms with E-state index in [9.17, 15) is 0 Å². The molecule has 1 radical (unpaired) electrons. The summed E-state index contributed by atoms with van der Waals surface area (Å²) in [6.07, 6.45) is 0. The Labute approximate surface area is 29.2 Å². The molecule has 0 heterocycles. The quantitative estimate of drug-likeness (QED) is 0.329. The van der Waals surface area contributed by atoms with E-state index in [4.69, 9.17) is 9.90 Å². The highest BCUT2D eigenvalue weighted by molar-refractivity contribution is 5.36. The molecule has 0 aromatic rings. The van der Waals surface area contributed by atoms with Crippen LogP contribution in [0.1, 0.15) is 0 Å². The number of ether oxygens (including phenoxy) is 1. The predicted molar refractivity (Wildman–Crippen MR) is 12.7 cm³/mol. The van der Waals surface area contributed by atoms with Gasteiger partial charge in [0.05, 0.1) is 0 Å². The molecule has 5 heavy (non-hydrogen) atoms. The maximum absolute atomic E-state index is 9.08. The summed E-state index contributed by atoms with van der Waals surface area (Å²) in [6.45, 7) is -0.656. The van der Waals surface area contributed by atoms with Gasteiger partial charge in [0.25, 0.3) is 6.47 Å². The van der Waals surface area contributed by atoms with Gasteiger partial charge in [-0.25, -0.2) is 0 Å². The standard InChI is InChI=1S/C2H3O3/c3-1-5-2-4/h1H,2H2. The maximum Gasteiger partial charge on any atom is 0.295 e. The van der Waals surface area contributed by atoms with Gasteiger partial charge in [-0.05, 0) is 0 Å². The average molecular weight is 75.0 g/mol. The second-order valence-corrected chi connectivity index (χ2v) is 0.381. The van der Waals surface area contributed by atoms with E-state index >= 15 is 0 Å². The Morgan fingerprint density at radius 2 is 2.40 bits per heavy atom. The highest BCUT2D eigenvalue weighted by Crippen LogP contribution is 1.51. The molecule has 0 aromatic heterocycles. The van der Waals surface area contributed by atoms with Crippen LogP contribution in [0.2, 0.25) is 0 Å². The summed E-state index contributed by atoms with van der Waals surface area (Å²) in [7, 11) is 0. The monoisotopic (exact) mass is 75.0 g/mol. The highest BCUT2D eigenvalue weighted by atomic mass is 16.6. The molecule has 0 atom stereocenters. The van der Waals surface area contributed by atoms with Crippen molar-refractivity contribution in [2.24, 2.45) is 0 Å². The van der Waals surface area contributed by atoms with E-state index in [1.165, 1.54) is 0 Å². The molecule has 0 spiro atoms. The van der Waals surface area contributed by atoms with E-state index in [0.29, 0.717) is 0 Å². The zero-order valence-electron chi connectivity index (χ0n) is 2.51. The van der Waals surface area contributed by atoms with E-state index in [2.05, 4.69) is 4.74 Å². The third-order valence-electron chi connectivity index (χ3n) is 0.136. The molecule has 0 aliphatic heterocycles. The molecular weight excluding hydrogens is 72.0 g/mol. The van der Waals surface area contributed by atoms with Gasteiger partial charge >= 0.3 is 0 Å². The Bertz CT molecular complexity index is 26.1. The van der Waals surface area contributed by atoms with Crippen molar-refractivity contribution in [1.29, 1.82) is 0 Å². The molecule has 0 fully saturated rings. The molecule has 0 rings (SSSR count). The van der Waals surface area contributed by atoms with Crippen molar-refractivity contribution >= 4 is 6.47 Å². The summed E-state index contributed by atoms with van der Waals surface area (Å²) in [5, 5.41) is 9.08. The molecule has 0 amide bonds. The number of carbonyl (C=O) groups excluding carboxylic acids is 1.